The van der Waals surface area contributed by atoms with Crippen molar-refractivity contribution in [2.75, 3.05) is 19.7 Å². The van der Waals surface area contributed by atoms with Crippen LogP contribution in [0.2, 0.25) is 0 Å². The summed E-state index contributed by atoms with van der Waals surface area (Å²) in [7, 11) is 0. The van der Waals surface area contributed by atoms with Crippen molar-refractivity contribution in [2.45, 2.75) is 25.9 Å². The lowest BCUT2D eigenvalue weighted by atomic mass is 10.1. The zero-order valence-corrected chi connectivity index (χ0v) is 16.7. The lowest BCUT2D eigenvalue weighted by Crippen LogP contribution is -2.43. The summed E-state index contributed by atoms with van der Waals surface area (Å²) in [6.45, 7) is 3.07. The first-order valence-electron chi connectivity index (χ1n) is 9.37. The molecule has 4 rings (SSSR count). The second-order valence-electron chi connectivity index (χ2n) is 7.02. The van der Waals surface area contributed by atoms with E-state index in [1.807, 2.05) is 31.2 Å². The zero-order chi connectivity index (χ0) is 20.4. The largest absolute Gasteiger partial charge is 0.484 e. The smallest absolute Gasteiger partial charge is 0.274 e. The van der Waals surface area contributed by atoms with Gasteiger partial charge in [0.2, 0.25) is 0 Å². The molecule has 1 fully saturated rings. The highest BCUT2D eigenvalue weighted by Crippen LogP contribution is 2.32. The van der Waals surface area contributed by atoms with Crippen LogP contribution in [-0.2, 0) is 4.79 Å². The van der Waals surface area contributed by atoms with E-state index in [0.29, 0.717) is 41.6 Å². The Labute approximate surface area is 170 Å². The van der Waals surface area contributed by atoms with E-state index in [0.717, 1.165) is 23.0 Å². The maximum atomic E-state index is 13.8. The second-order valence-corrected chi connectivity index (χ2v) is 8.01. The summed E-state index contributed by atoms with van der Waals surface area (Å²) in [5.74, 6) is -0.719. The van der Waals surface area contributed by atoms with Gasteiger partial charge >= 0.3 is 0 Å². The van der Waals surface area contributed by atoms with E-state index < -0.39 is 11.6 Å². The number of likely N-dealkylation sites (tertiary alicyclic amines) is 1. The van der Waals surface area contributed by atoms with E-state index in [1.165, 1.54) is 6.07 Å². The van der Waals surface area contributed by atoms with E-state index in [-0.39, 0.29) is 24.1 Å². The second kappa shape index (κ2) is 8.32. The van der Waals surface area contributed by atoms with Crippen molar-refractivity contribution in [3.63, 3.8) is 0 Å². The highest BCUT2D eigenvalue weighted by Gasteiger charge is 2.25. The standard InChI is InChI=1S/C21H20F2N2O3S/c1-13-3-2-4-16(9-13)27-12-19(26)25-7-5-15(6-8-25)28-21-24-20-17(23)10-14(22)11-18(20)29-21/h2-4,9-11,15H,5-8,12H2,1H3. The Morgan fingerprint density at radius 1 is 1.24 bits per heavy atom. The predicted octanol–water partition coefficient (Wildman–Crippen LogP) is 4.33. The van der Waals surface area contributed by atoms with Gasteiger partial charge in [0.1, 0.15) is 23.2 Å². The molecule has 0 aliphatic carbocycles. The molecule has 2 aromatic carbocycles. The summed E-state index contributed by atoms with van der Waals surface area (Å²) in [6, 6.07) is 9.64. The monoisotopic (exact) mass is 418 g/mol. The van der Waals surface area contributed by atoms with Gasteiger partial charge < -0.3 is 14.4 Å². The van der Waals surface area contributed by atoms with Crippen molar-refractivity contribution < 1.29 is 23.0 Å². The quantitative estimate of drug-likeness (QED) is 0.619. The van der Waals surface area contributed by atoms with Crippen molar-refractivity contribution in [3.8, 4) is 10.9 Å². The number of carbonyl (C=O) groups is 1. The summed E-state index contributed by atoms with van der Waals surface area (Å²) in [5.41, 5.74) is 1.19. The van der Waals surface area contributed by atoms with Crippen LogP contribution in [0, 0.1) is 18.6 Å². The van der Waals surface area contributed by atoms with Gasteiger partial charge in [-0.1, -0.05) is 23.5 Å². The van der Waals surface area contributed by atoms with Gasteiger partial charge in [0.25, 0.3) is 11.1 Å². The van der Waals surface area contributed by atoms with E-state index in [1.54, 1.807) is 4.90 Å². The van der Waals surface area contributed by atoms with Gasteiger partial charge in [-0.25, -0.2) is 8.78 Å². The number of fused-ring (bicyclic) bond motifs is 1. The number of halogens is 2. The number of amides is 1. The molecule has 8 heteroatoms. The number of nitrogens with zero attached hydrogens (tertiary/aromatic N) is 2. The number of rotatable bonds is 5. The number of thiazole rings is 1. The van der Waals surface area contributed by atoms with Gasteiger partial charge in [0.05, 0.1) is 4.70 Å². The van der Waals surface area contributed by atoms with Gasteiger partial charge in [-0.2, -0.15) is 4.98 Å². The van der Waals surface area contributed by atoms with Crippen molar-refractivity contribution in [3.05, 3.63) is 53.6 Å². The molecule has 0 spiro atoms. The maximum Gasteiger partial charge on any atom is 0.274 e. The molecule has 1 amide bonds. The minimum atomic E-state index is -0.694. The van der Waals surface area contributed by atoms with Crippen LogP contribution in [0.15, 0.2) is 36.4 Å². The molecule has 2 heterocycles. The van der Waals surface area contributed by atoms with E-state index in [9.17, 15) is 13.6 Å². The molecule has 1 saturated heterocycles. The van der Waals surface area contributed by atoms with Crippen molar-refractivity contribution in [1.29, 1.82) is 0 Å². The fraction of sp³-hybridized carbons (Fsp3) is 0.333. The minimum Gasteiger partial charge on any atom is -0.484 e. The third kappa shape index (κ3) is 4.64. The molecule has 1 aliphatic rings. The van der Waals surface area contributed by atoms with Crippen molar-refractivity contribution in [2.24, 2.45) is 0 Å². The average Bonchev–Trinajstić information content (AvgIpc) is 3.09. The third-order valence-electron chi connectivity index (χ3n) is 4.81. The molecule has 0 bridgehead atoms. The van der Waals surface area contributed by atoms with Crippen molar-refractivity contribution in [1.82, 2.24) is 9.88 Å². The highest BCUT2D eigenvalue weighted by molar-refractivity contribution is 7.20. The number of ether oxygens (including phenoxy) is 2. The fourth-order valence-electron chi connectivity index (χ4n) is 3.29. The van der Waals surface area contributed by atoms with Crippen LogP contribution in [0.4, 0.5) is 8.78 Å². The first-order chi connectivity index (χ1) is 14.0. The average molecular weight is 418 g/mol. The molecular weight excluding hydrogens is 398 g/mol. The fourth-order valence-corrected chi connectivity index (χ4v) is 4.21. The Morgan fingerprint density at radius 2 is 2.03 bits per heavy atom. The number of aryl methyl sites for hydroxylation is 1. The van der Waals surface area contributed by atoms with Crippen molar-refractivity contribution >= 4 is 27.5 Å². The number of hydrogen-bond donors (Lipinski definition) is 0. The van der Waals surface area contributed by atoms with Gasteiger partial charge in [-0.15, -0.1) is 0 Å². The van der Waals surface area contributed by atoms with Gasteiger partial charge in [0.15, 0.2) is 12.4 Å². The van der Waals surface area contributed by atoms with E-state index in [2.05, 4.69) is 4.98 Å². The van der Waals surface area contributed by atoms with Crippen LogP contribution in [-0.4, -0.2) is 41.6 Å². The van der Waals surface area contributed by atoms with E-state index >= 15 is 0 Å². The Balaban J connectivity index is 1.29. The Kier molecular flexibility index (Phi) is 5.62. The Morgan fingerprint density at radius 3 is 2.79 bits per heavy atom. The Hall–Kier alpha value is -2.74. The highest BCUT2D eigenvalue weighted by atomic mass is 32.1. The normalized spacial score (nSPS) is 14.9. The maximum absolute atomic E-state index is 13.8. The zero-order valence-electron chi connectivity index (χ0n) is 15.9. The summed E-state index contributed by atoms with van der Waals surface area (Å²) in [6.07, 6.45) is 1.16. The molecule has 29 heavy (non-hydrogen) atoms. The summed E-state index contributed by atoms with van der Waals surface area (Å²) in [4.78, 5) is 18.3. The summed E-state index contributed by atoms with van der Waals surface area (Å²) < 4.78 is 39.0. The Bertz CT molecular complexity index is 1030. The van der Waals surface area contributed by atoms with Gasteiger partial charge in [0, 0.05) is 32.0 Å². The lowest BCUT2D eigenvalue weighted by molar-refractivity contribution is -0.135. The molecule has 3 aromatic rings. The lowest BCUT2D eigenvalue weighted by Gasteiger charge is -2.31. The number of aromatic nitrogens is 1. The molecule has 0 saturated carbocycles. The van der Waals surface area contributed by atoms with Crippen LogP contribution in [0.25, 0.3) is 10.2 Å². The first kappa shape index (κ1) is 19.6. The molecule has 1 aliphatic heterocycles. The molecule has 0 N–H and O–H groups in total. The minimum absolute atomic E-state index is 0.00229. The van der Waals surface area contributed by atoms with Crippen LogP contribution >= 0.6 is 11.3 Å². The number of piperidine rings is 1. The first-order valence-corrected chi connectivity index (χ1v) is 10.2. The number of carbonyl (C=O) groups excluding carboxylic acids is 1. The molecule has 152 valence electrons. The topological polar surface area (TPSA) is 51.7 Å². The van der Waals surface area contributed by atoms with Crippen LogP contribution < -0.4 is 9.47 Å². The number of benzene rings is 2. The SMILES string of the molecule is Cc1cccc(OCC(=O)N2CCC(Oc3nc4c(F)cc(F)cc4s3)CC2)c1. The molecule has 0 atom stereocenters. The summed E-state index contributed by atoms with van der Waals surface area (Å²) >= 11 is 1.12. The van der Waals surface area contributed by atoms with Crippen LogP contribution in [0.1, 0.15) is 18.4 Å². The summed E-state index contributed by atoms with van der Waals surface area (Å²) in [5, 5.41) is 0.317. The van der Waals surface area contributed by atoms with Gasteiger partial charge in [-0.3, -0.25) is 4.79 Å². The van der Waals surface area contributed by atoms with Crippen LogP contribution in [0.5, 0.6) is 10.9 Å². The van der Waals surface area contributed by atoms with Gasteiger partial charge in [-0.05, 0) is 30.7 Å². The number of hydrogen-bond acceptors (Lipinski definition) is 5. The van der Waals surface area contributed by atoms with E-state index in [4.69, 9.17) is 9.47 Å². The predicted molar refractivity (Wildman–Crippen MR) is 106 cm³/mol. The van der Waals surface area contributed by atoms with Crippen LogP contribution in [0.3, 0.4) is 0 Å². The molecule has 1 aromatic heterocycles. The molecular formula is C21H20F2N2O3S. The molecule has 5 nitrogen and oxygen atoms in total. The molecule has 0 radical (unpaired) electrons. The third-order valence-corrected chi connectivity index (χ3v) is 5.70. The molecule has 0 unspecified atom stereocenters.